The molecule has 0 spiro atoms. The topological polar surface area (TPSA) is 105 Å². The van der Waals surface area contributed by atoms with E-state index < -0.39 is 21.4 Å². The van der Waals surface area contributed by atoms with Gasteiger partial charge in [0.1, 0.15) is 11.2 Å². The van der Waals surface area contributed by atoms with Crippen LogP contribution in [-0.4, -0.2) is 21.4 Å². The van der Waals surface area contributed by atoms with Crippen molar-refractivity contribution in [2.45, 2.75) is 142 Å². The van der Waals surface area contributed by atoms with Gasteiger partial charge in [-0.25, -0.2) is 0 Å². The fourth-order valence-electron chi connectivity index (χ4n) is 13.1. The summed E-state index contributed by atoms with van der Waals surface area (Å²) in [6.45, 7) is 9.06. The monoisotopic (exact) mass is 504 g/mol. The fourth-order valence-corrected chi connectivity index (χ4v) is 13.1. The van der Waals surface area contributed by atoms with Gasteiger partial charge in [-0.1, -0.05) is 53.4 Å². The van der Waals surface area contributed by atoms with E-state index in [1.54, 1.807) is 0 Å². The zero-order chi connectivity index (χ0) is 25.9. The summed E-state index contributed by atoms with van der Waals surface area (Å²) in [5.41, 5.74) is -1.39. The summed E-state index contributed by atoms with van der Waals surface area (Å²) in [4.78, 5) is 35.3. The molecule has 0 aromatic carbocycles. The largest absolute Gasteiger partial charge is 0.307 e. The molecule has 0 heterocycles. The van der Waals surface area contributed by atoms with Crippen LogP contribution in [0.4, 0.5) is 0 Å². The third-order valence-corrected chi connectivity index (χ3v) is 13.1. The average Bonchev–Trinajstić information content (AvgIpc) is 2.75. The Balaban J connectivity index is 1.54. The van der Waals surface area contributed by atoms with Crippen LogP contribution in [0.25, 0.3) is 0 Å². The molecule has 0 aromatic rings. The highest BCUT2D eigenvalue weighted by Crippen LogP contribution is 2.84. The highest BCUT2D eigenvalue weighted by Gasteiger charge is 2.78. The molecule has 4 unspecified atom stereocenters. The van der Waals surface area contributed by atoms with E-state index in [0.29, 0.717) is 0 Å². The highest BCUT2D eigenvalue weighted by molar-refractivity contribution is 5.28. The molecule has 8 rings (SSSR count). The lowest BCUT2D eigenvalue weighted by molar-refractivity contribution is -0.789. The normalized spacial score (nSPS) is 54.0. The number of hydrogen-bond acceptors (Lipinski definition) is 6. The molecular formula is C28H44N2O6. The molecule has 8 nitrogen and oxygen atoms in total. The van der Waals surface area contributed by atoms with Gasteiger partial charge in [-0.3, -0.25) is 0 Å². The van der Waals surface area contributed by atoms with Crippen molar-refractivity contribution in [1.82, 2.24) is 0 Å². The van der Waals surface area contributed by atoms with Crippen LogP contribution in [0.2, 0.25) is 0 Å². The Morgan fingerprint density at radius 1 is 0.500 bits per heavy atom. The van der Waals surface area contributed by atoms with Crippen LogP contribution in [0, 0.1) is 52.7 Å². The van der Waals surface area contributed by atoms with Crippen molar-refractivity contribution in [2.75, 3.05) is 0 Å². The summed E-state index contributed by atoms with van der Waals surface area (Å²) in [5, 5.41) is 22.7. The molecule has 0 N–H and O–H groups in total. The predicted molar refractivity (Wildman–Crippen MR) is 133 cm³/mol. The van der Waals surface area contributed by atoms with Crippen LogP contribution >= 0.6 is 0 Å². The molecule has 0 saturated heterocycles. The van der Waals surface area contributed by atoms with Gasteiger partial charge in [0, 0.05) is 0 Å². The molecule has 0 aliphatic heterocycles. The molecule has 0 amide bonds. The minimum Gasteiger partial charge on any atom is -0.307 e. The molecule has 8 saturated carbocycles. The maximum Gasteiger partial charge on any atom is 0.295 e. The lowest BCUT2D eigenvalue weighted by atomic mass is 9.26. The smallest absolute Gasteiger partial charge is 0.295 e. The Labute approximate surface area is 214 Å². The van der Waals surface area contributed by atoms with Gasteiger partial charge >= 0.3 is 0 Å². The van der Waals surface area contributed by atoms with Crippen LogP contribution < -0.4 is 0 Å². The molecule has 36 heavy (non-hydrogen) atoms. The van der Waals surface area contributed by atoms with Crippen molar-refractivity contribution >= 4 is 0 Å². The van der Waals surface area contributed by atoms with E-state index in [1.165, 1.54) is 0 Å². The van der Waals surface area contributed by atoms with Gasteiger partial charge in [-0.05, 0) is 110 Å². The lowest BCUT2D eigenvalue weighted by Gasteiger charge is -2.79. The van der Waals surface area contributed by atoms with Crippen LogP contribution in [0.15, 0.2) is 0 Å². The van der Waals surface area contributed by atoms with E-state index in [2.05, 4.69) is 27.7 Å². The Morgan fingerprint density at radius 3 is 1.00 bits per heavy atom. The van der Waals surface area contributed by atoms with E-state index in [9.17, 15) is 20.2 Å². The van der Waals surface area contributed by atoms with Crippen LogP contribution in [-0.2, 0) is 9.68 Å². The molecule has 8 fully saturated rings. The Morgan fingerprint density at radius 2 is 0.778 bits per heavy atom. The second kappa shape index (κ2) is 7.07. The first-order valence-corrected chi connectivity index (χ1v) is 14.5. The third kappa shape index (κ3) is 3.11. The molecule has 0 aromatic heterocycles. The summed E-state index contributed by atoms with van der Waals surface area (Å²) < 4.78 is 0. The summed E-state index contributed by atoms with van der Waals surface area (Å²) >= 11 is 0. The minimum atomic E-state index is -0.719. The van der Waals surface area contributed by atoms with E-state index in [1.807, 2.05) is 0 Å². The van der Waals surface area contributed by atoms with Gasteiger partial charge in [0.05, 0.1) is 0 Å². The van der Waals surface area contributed by atoms with Crippen LogP contribution in [0.1, 0.15) is 130 Å². The van der Waals surface area contributed by atoms with Crippen molar-refractivity contribution < 1.29 is 19.8 Å². The zero-order valence-electron chi connectivity index (χ0n) is 22.7. The Kier molecular flexibility index (Phi) is 4.86. The van der Waals surface area contributed by atoms with Crippen LogP contribution in [0.3, 0.4) is 0 Å². The van der Waals surface area contributed by atoms with Crippen molar-refractivity contribution in [3.05, 3.63) is 20.2 Å². The fraction of sp³-hybridized carbons (Fsp3) is 1.00. The molecule has 0 radical (unpaired) electrons. The maximum atomic E-state index is 11.9. The summed E-state index contributed by atoms with van der Waals surface area (Å²) in [7, 11) is 0. The van der Waals surface area contributed by atoms with Gasteiger partial charge in [-0.2, -0.15) is 0 Å². The quantitative estimate of drug-likeness (QED) is 0.243. The first-order chi connectivity index (χ1) is 16.8. The highest BCUT2D eigenvalue weighted by atomic mass is 17.0. The van der Waals surface area contributed by atoms with E-state index in [-0.39, 0.29) is 32.5 Å². The number of hydrogen-bond donors (Lipinski definition) is 0. The Bertz CT molecular complexity index is 877. The summed E-state index contributed by atoms with van der Waals surface area (Å²) in [5.74, 6) is 0. The second-order valence-corrected chi connectivity index (χ2v) is 15.1. The van der Waals surface area contributed by atoms with Gasteiger partial charge in [0.2, 0.25) is 0 Å². The molecule has 8 aliphatic carbocycles. The van der Waals surface area contributed by atoms with Gasteiger partial charge in [0.15, 0.2) is 0 Å². The summed E-state index contributed by atoms with van der Waals surface area (Å²) in [6.07, 6.45) is 15.3. The van der Waals surface area contributed by atoms with Crippen molar-refractivity contribution in [2.24, 2.45) is 32.5 Å². The molecule has 8 aliphatic rings. The van der Waals surface area contributed by atoms with Crippen molar-refractivity contribution in [3.63, 3.8) is 0 Å². The SMILES string of the molecule is CCC12CC3(CC)CC(O[N+](=O)[O-])(C1)CC(C14CC5(CC)CC(CC)(CC(O[N+](=O)[O-])(C5)C1)C4)(C2)C3. The lowest BCUT2D eigenvalue weighted by Crippen LogP contribution is -2.74. The van der Waals surface area contributed by atoms with Crippen LogP contribution in [0.5, 0.6) is 0 Å². The molecule has 4 atom stereocenters. The standard InChI is InChI=1S/C28H44N2O6/c1-5-21-9-22(6-2)12-25(11-21,19-27(15-21,16-22)35-29(31)32)26-13-23(7-3)10-24(8-4,14-26)18-28(17-23,20-26)36-30(33)34/h5-20H2,1-4H3. The first kappa shape index (κ1) is 24.7. The second-order valence-electron chi connectivity index (χ2n) is 15.1. The molecule has 8 bridgehead atoms. The first-order valence-electron chi connectivity index (χ1n) is 14.5. The molecule has 202 valence electrons. The maximum absolute atomic E-state index is 11.9. The van der Waals surface area contributed by atoms with Gasteiger partial charge in [-0.15, -0.1) is 20.2 Å². The molecule has 8 heteroatoms. The van der Waals surface area contributed by atoms with E-state index in [0.717, 1.165) is 103 Å². The average molecular weight is 505 g/mol. The van der Waals surface area contributed by atoms with Crippen molar-refractivity contribution in [1.29, 1.82) is 0 Å². The van der Waals surface area contributed by atoms with Gasteiger partial charge in [0.25, 0.3) is 10.2 Å². The van der Waals surface area contributed by atoms with E-state index in [4.69, 9.17) is 9.68 Å². The number of nitrogens with zero attached hydrogens (tertiary/aromatic N) is 2. The minimum absolute atomic E-state index is 0.0555. The third-order valence-electron chi connectivity index (χ3n) is 13.1. The summed E-state index contributed by atoms with van der Waals surface area (Å²) in [6, 6.07) is 0. The van der Waals surface area contributed by atoms with E-state index >= 15 is 0 Å². The van der Waals surface area contributed by atoms with Gasteiger partial charge < -0.3 is 9.68 Å². The Hall–Kier alpha value is -1.60. The number of rotatable bonds is 9. The molecular weight excluding hydrogens is 460 g/mol. The van der Waals surface area contributed by atoms with Crippen molar-refractivity contribution in [3.8, 4) is 0 Å². The predicted octanol–water partition coefficient (Wildman–Crippen LogP) is 7.20. The zero-order valence-corrected chi connectivity index (χ0v) is 22.7.